The Morgan fingerprint density at radius 1 is 1.71 bits per heavy atom. The quantitative estimate of drug-likeness (QED) is 0.647. The number of nitrogens with one attached hydrogen (secondary N) is 2. The van der Waals surface area contributed by atoms with Crippen molar-refractivity contribution in [2.75, 3.05) is 13.1 Å². The van der Waals surface area contributed by atoms with Crippen LogP contribution in [0.4, 0.5) is 0 Å². The van der Waals surface area contributed by atoms with Crippen LogP contribution in [0.5, 0.6) is 0 Å². The predicted octanol–water partition coefficient (Wildman–Crippen LogP) is 0.511. The van der Waals surface area contributed by atoms with E-state index in [0.29, 0.717) is 5.92 Å². The molecule has 0 aliphatic carbocycles. The van der Waals surface area contributed by atoms with Gasteiger partial charge in [0.1, 0.15) is 0 Å². The van der Waals surface area contributed by atoms with E-state index in [1.54, 1.807) is 0 Å². The third-order valence-electron chi connectivity index (χ3n) is 2.04. The highest BCUT2D eigenvalue weighted by Crippen LogP contribution is 1.99. The minimum absolute atomic E-state index is 0.0109. The SMILES string of the molecule is CC(CCN)CNCc1csc(=O)[nH]1. The second-order valence-corrected chi connectivity index (χ2v) is 4.33. The fourth-order valence-electron chi connectivity index (χ4n) is 1.24. The van der Waals surface area contributed by atoms with Gasteiger partial charge in [-0.05, 0) is 25.4 Å². The number of H-pyrrole nitrogens is 1. The van der Waals surface area contributed by atoms with Gasteiger partial charge in [0.15, 0.2) is 0 Å². The summed E-state index contributed by atoms with van der Waals surface area (Å²) in [4.78, 5) is 13.6. The summed E-state index contributed by atoms with van der Waals surface area (Å²) in [5.74, 6) is 0.588. The molecule has 0 aromatic carbocycles. The fraction of sp³-hybridized carbons (Fsp3) is 0.667. The first-order chi connectivity index (χ1) is 6.72. The van der Waals surface area contributed by atoms with Crippen molar-refractivity contribution in [2.45, 2.75) is 19.9 Å². The van der Waals surface area contributed by atoms with Gasteiger partial charge in [0.25, 0.3) is 0 Å². The molecule has 1 unspecified atom stereocenters. The fourth-order valence-corrected chi connectivity index (χ4v) is 1.82. The molecule has 0 bridgehead atoms. The molecule has 0 aliphatic rings. The van der Waals surface area contributed by atoms with Crippen LogP contribution in [-0.2, 0) is 6.54 Å². The van der Waals surface area contributed by atoms with Crippen LogP contribution in [0, 0.1) is 5.92 Å². The van der Waals surface area contributed by atoms with Crippen molar-refractivity contribution in [3.8, 4) is 0 Å². The van der Waals surface area contributed by atoms with E-state index in [0.717, 1.165) is 31.7 Å². The number of rotatable bonds is 6. The lowest BCUT2D eigenvalue weighted by Crippen LogP contribution is -2.22. The summed E-state index contributed by atoms with van der Waals surface area (Å²) in [7, 11) is 0. The molecular weight excluding hydrogens is 198 g/mol. The summed E-state index contributed by atoms with van der Waals surface area (Å²) in [6.45, 7) is 4.57. The van der Waals surface area contributed by atoms with Crippen LogP contribution < -0.4 is 15.9 Å². The number of thiazole rings is 1. The van der Waals surface area contributed by atoms with E-state index in [4.69, 9.17) is 5.73 Å². The van der Waals surface area contributed by atoms with E-state index < -0.39 is 0 Å². The van der Waals surface area contributed by atoms with E-state index in [-0.39, 0.29) is 4.87 Å². The lowest BCUT2D eigenvalue weighted by molar-refractivity contribution is 0.485. The third-order valence-corrected chi connectivity index (χ3v) is 2.76. The van der Waals surface area contributed by atoms with Gasteiger partial charge in [-0.3, -0.25) is 4.79 Å². The van der Waals surface area contributed by atoms with Crippen molar-refractivity contribution in [1.29, 1.82) is 0 Å². The number of aromatic amines is 1. The van der Waals surface area contributed by atoms with Crippen molar-refractivity contribution in [3.63, 3.8) is 0 Å². The molecule has 1 aromatic heterocycles. The molecule has 4 N–H and O–H groups in total. The molecule has 80 valence electrons. The maximum atomic E-state index is 10.8. The van der Waals surface area contributed by atoms with Crippen LogP contribution in [0.25, 0.3) is 0 Å². The van der Waals surface area contributed by atoms with Crippen molar-refractivity contribution in [2.24, 2.45) is 11.7 Å². The van der Waals surface area contributed by atoms with E-state index in [9.17, 15) is 4.79 Å². The first-order valence-corrected chi connectivity index (χ1v) is 5.68. The van der Waals surface area contributed by atoms with Crippen LogP contribution in [0.2, 0.25) is 0 Å². The molecule has 1 rings (SSSR count). The molecule has 0 saturated heterocycles. The highest BCUT2D eigenvalue weighted by molar-refractivity contribution is 7.07. The van der Waals surface area contributed by atoms with Gasteiger partial charge in [-0.15, -0.1) is 0 Å². The highest BCUT2D eigenvalue weighted by atomic mass is 32.1. The Morgan fingerprint density at radius 2 is 2.50 bits per heavy atom. The van der Waals surface area contributed by atoms with Gasteiger partial charge in [-0.25, -0.2) is 0 Å². The maximum absolute atomic E-state index is 10.8. The summed E-state index contributed by atoms with van der Waals surface area (Å²) in [6.07, 6.45) is 1.03. The Bertz CT molecular complexity index is 307. The monoisotopic (exact) mass is 215 g/mol. The van der Waals surface area contributed by atoms with Crippen LogP contribution in [0.1, 0.15) is 19.0 Å². The number of hydrogen-bond donors (Lipinski definition) is 3. The van der Waals surface area contributed by atoms with Gasteiger partial charge in [-0.2, -0.15) is 0 Å². The molecule has 0 radical (unpaired) electrons. The molecule has 1 aromatic rings. The zero-order valence-corrected chi connectivity index (χ0v) is 9.19. The van der Waals surface area contributed by atoms with Gasteiger partial charge in [0, 0.05) is 17.6 Å². The third kappa shape index (κ3) is 4.04. The molecular formula is C9H17N3OS. The summed E-state index contributed by atoms with van der Waals surface area (Å²) < 4.78 is 0. The van der Waals surface area contributed by atoms with Crippen molar-refractivity contribution in [1.82, 2.24) is 10.3 Å². The highest BCUT2D eigenvalue weighted by Gasteiger charge is 2.00. The Kier molecular flexibility index (Phi) is 4.86. The average Bonchev–Trinajstić information content (AvgIpc) is 2.52. The van der Waals surface area contributed by atoms with E-state index in [1.165, 1.54) is 11.3 Å². The minimum Gasteiger partial charge on any atom is -0.330 e. The Labute approximate surface area is 87.5 Å². The second kappa shape index (κ2) is 5.95. The Morgan fingerprint density at radius 3 is 3.07 bits per heavy atom. The van der Waals surface area contributed by atoms with Gasteiger partial charge in [-0.1, -0.05) is 18.3 Å². The summed E-state index contributed by atoms with van der Waals surface area (Å²) in [5.41, 5.74) is 6.40. The molecule has 4 nitrogen and oxygen atoms in total. The van der Waals surface area contributed by atoms with Crippen LogP contribution >= 0.6 is 11.3 Å². The number of aromatic nitrogens is 1. The van der Waals surface area contributed by atoms with Gasteiger partial charge in [0.05, 0.1) is 0 Å². The smallest absolute Gasteiger partial charge is 0.304 e. The standard InChI is InChI=1S/C9H17N3OS/c1-7(2-3-10)4-11-5-8-6-14-9(13)12-8/h6-7,11H,2-5,10H2,1H3,(H,12,13). The van der Waals surface area contributed by atoms with E-state index >= 15 is 0 Å². The van der Waals surface area contributed by atoms with Crippen molar-refractivity contribution in [3.05, 3.63) is 20.7 Å². The summed E-state index contributed by atoms with van der Waals surface area (Å²) in [6, 6.07) is 0. The zero-order valence-electron chi connectivity index (χ0n) is 8.38. The minimum atomic E-state index is 0.0109. The first kappa shape index (κ1) is 11.4. The molecule has 0 amide bonds. The molecule has 5 heteroatoms. The zero-order chi connectivity index (χ0) is 10.4. The summed E-state index contributed by atoms with van der Waals surface area (Å²) in [5, 5.41) is 5.13. The largest absolute Gasteiger partial charge is 0.330 e. The van der Waals surface area contributed by atoms with E-state index in [2.05, 4.69) is 17.2 Å². The maximum Gasteiger partial charge on any atom is 0.304 e. The average molecular weight is 215 g/mol. The first-order valence-electron chi connectivity index (χ1n) is 4.80. The molecule has 14 heavy (non-hydrogen) atoms. The van der Waals surface area contributed by atoms with Gasteiger partial charge < -0.3 is 16.0 Å². The molecule has 1 atom stereocenters. The predicted molar refractivity (Wildman–Crippen MR) is 59.5 cm³/mol. The normalized spacial score (nSPS) is 13.0. The van der Waals surface area contributed by atoms with Gasteiger partial charge >= 0.3 is 4.87 Å². The Balaban J connectivity index is 2.18. The van der Waals surface area contributed by atoms with Crippen LogP contribution in [-0.4, -0.2) is 18.1 Å². The second-order valence-electron chi connectivity index (χ2n) is 3.49. The van der Waals surface area contributed by atoms with Crippen molar-refractivity contribution >= 4 is 11.3 Å². The summed E-state index contributed by atoms with van der Waals surface area (Å²) >= 11 is 1.20. The Hall–Kier alpha value is -0.650. The lowest BCUT2D eigenvalue weighted by Gasteiger charge is -2.10. The van der Waals surface area contributed by atoms with Gasteiger partial charge in [0.2, 0.25) is 0 Å². The lowest BCUT2D eigenvalue weighted by atomic mass is 10.1. The molecule has 0 spiro atoms. The molecule has 0 fully saturated rings. The van der Waals surface area contributed by atoms with Crippen LogP contribution in [0.15, 0.2) is 10.2 Å². The van der Waals surface area contributed by atoms with Crippen LogP contribution in [0.3, 0.4) is 0 Å². The van der Waals surface area contributed by atoms with E-state index in [1.807, 2.05) is 5.38 Å². The topological polar surface area (TPSA) is 70.9 Å². The number of hydrogen-bond acceptors (Lipinski definition) is 4. The number of nitrogens with two attached hydrogens (primary N) is 1. The molecule has 0 aliphatic heterocycles. The molecule has 1 heterocycles. The van der Waals surface area contributed by atoms with Crippen molar-refractivity contribution < 1.29 is 0 Å². The molecule has 0 saturated carbocycles.